The third kappa shape index (κ3) is 4.24. The maximum atomic E-state index is 6.46. The Bertz CT molecular complexity index is 1130. The summed E-state index contributed by atoms with van der Waals surface area (Å²) in [6.45, 7) is 6.66. The third-order valence-electron chi connectivity index (χ3n) is 5.82. The van der Waals surface area contributed by atoms with Crippen LogP contribution in [0.25, 0.3) is 0 Å². The molecule has 3 aromatic rings. The van der Waals surface area contributed by atoms with Crippen LogP contribution in [-0.2, 0) is 6.54 Å². The predicted molar refractivity (Wildman–Crippen MR) is 126 cm³/mol. The lowest BCUT2D eigenvalue weighted by Gasteiger charge is -2.36. The van der Waals surface area contributed by atoms with Crippen molar-refractivity contribution in [2.24, 2.45) is 0 Å². The Morgan fingerprint density at radius 3 is 2.66 bits per heavy atom. The van der Waals surface area contributed by atoms with Gasteiger partial charge in [-0.15, -0.1) is 0 Å². The molecule has 0 unspecified atom stereocenters. The van der Waals surface area contributed by atoms with E-state index >= 15 is 0 Å². The number of piperazine rings is 1. The number of aromatic nitrogens is 2. The van der Waals surface area contributed by atoms with Crippen molar-refractivity contribution in [2.45, 2.75) is 13.5 Å². The lowest BCUT2D eigenvalue weighted by molar-refractivity contribution is 0.174. The zero-order chi connectivity index (χ0) is 22.1. The number of benzene rings is 2. The van der Waals surface area contributed by atoms with Gasteiger partial charge in [-0.25, -0.2) is 9.97 Å². The summed E-state index contributed by atoms with van der Waals surface area (Å²) >= 11 is 6.07. The van der Waals surface area contributed by atoms with E-state index in [0.717, 1.165) is 61.3 Å². The third-order valence-corrected chi connectivity index (χ3v) is 6.05. The molecule has 5 rings (SSSR count). The van der Waals surface area contributed by atoms with Crippen LogP contribution in [0.5, 0.6) is 11.5 Å². The summed E-state index contributed by atoms with van der Waals surface area (Å²) in [5.41, 5.74) is 10.2. The van der Waals surface area contributed by atoms with Crippen LogP contribution >= 0.6 is 11.6 Å². The molecule has 3 heterocycles. The summed E-state index contributed by atoms with van der Waals surface area (Å²) in [7, 11) is 0. The van der Waals surface area contributed by atoms with Crippen LogP contribution in [0.15, 0.2) is 42.7 Å². The highest BCUT2D eigenvalue weighted by molar-refractivity contribution is 6.30. The minimum atomic E-state index is 0.298. The number of nitrogens with two attached hydrogens (primary N) is 1. The van der Waals surface area contributed by atoms with Gasteiger partial charge in [0.25, 0.3) is 0 Å². The maximum absolute atomic E-state index is 6.46. The molecule has 0 spiro atoms. The Balaban J connectivity index is 1.24. The smallest absolute Gasteiger partial charge is 0.231 e. The number of rotatable bonds is 5. The molecule has 3 N–H and O–H groups in total. The number of anilines is 4. The highest BCUT2D eigenvalue weighted by Crippen LogP contribution is 2.33. The fraction of sp³-hybridized carbons (Fsp3) is 0.304. The minimum Gasteiger partial charge on any atom is -0.454 e. The largest absolute Gasteiger partial charge is 0.454 e. The molecule has 0 aliphatic carbocycles. The molecule has 0 atom stereocenters. The average molecular weight is 453 g/mol. The molecular formula is C23H25ClN6O2. The number of halogens is 1. The van der Waals surface area contributed by atoms with Crippen molar-refractivity contribution in [3.63, 3.8) is 0 Å². The van der Waals surface area contributed by atoms with Crippen LogP contribution < -0.4 is 25.4 Å². The molecule has 8 nitrogen and oxygen atoms in total. The van der Waals surface area contributed by atoms with Crippen molar-refractivity contribution in [1.29, 1.82) is 0 Å². The van der Waals surface area contributed by atoms with Crippen molar-refractivity contribution in [3.8, 4) is 11.5 Å². The van der Waals surface area contributed by atoms with Gasteiger partial charge in [-0.1, -0.05) is 17.7 Å². The van der Waals surface area contributed by atoms with Crippen LogP contribution in [0.1, 0.15) is 11.1 Å². The van der Waals surface area contributed by atoms with Crippen molar-refractivity contribution in [3.05, 3.63) is 58.9 Å². The predicted octanol–water partition coefficient (Wildman–Crippen LogP) is 3.82. The van der Waals surface area contributed by atoms with Crippen molar-refractivity contribution >= 4 is 34.6 Å². The maximum Gasteiger partial charge on any atom is 0.231 e. The molecule has 166 valence electrons. The van der Waals surface area contributed by atoms with E-state index in [1.165, 1.54) is 5.56 Å². The van der Waals surface area contributed by atoms with E-state index in [-0.39, 0.29) is 0 Å². The number of nitrogens with one attached hydrogen (secondary N) is 1. The Kier molecular flexibility index (Phi) is 5.63. The van der Waals surface area contributed by atoms with E-state index < -0.39 is 0 Å². The Labute approximate surface area is 191 Å². The van der Waals surface area contributed by atoms with Crippen molar-refractivity contribution in [2.75, 3.05) is 48.9 Å². The molecule has 2 aliphatic rings. The van der Waals surface area contributed by atoms with Crippen LogP contribution in [-0.4, -0.2) is 47.8 Å². The molecule has 9 heteroatoms. The van der Waals surface area contributed by atoms with Crippen molar-refractivity contribution < 1.29 is 9.47 Å². The number of nitrogens with zero attached hydrogens (tertiary/aromatic N) is 4. The first kappa shape index (κ1) is 20.7. The Morgan fingerprint density at radius 1 is 1.03 bits per heavy atom. The fourth-order valence-electron chi connectivity index (χ4n) is 4.05. The highest BCUT2D eigenvalue weighted by Gasteiger charge is 2.22. The summed E-state index contributed by atoms with van der Waals surface area (Å²) < 4.78 is 10.9. The number of hydrogen-bond acceptors (Lipinski definition) is 8. The fourth-order valence-corrected chi connectivity index (χ4v) is 4.27. The lowest BCUT2D eigenvalue weighted by atomic mass is 10.1. The van der Waals surface area contributed by atoms with Crippen LogP contribution in [0.2, 0.25) is 5.02 Å². The topological polar surface area (TPSA) is 88.8 Å². The molecule has 1 fully saturated rings. The van der Waals surface area contributed by atoms with E-state index in [1.54, 1.807) is 6.33 Å². The molecule has 32 heavy (non-hydrogen) atoms. The normalized spacial score (nSPS) is 15.8. The first-order chi connectivity index (χ1) is 15.6. The number of fused-ring (bicyclic) bond motifs is 1. The number of hydrogen-bond donors (Lipinski definition) is 2. The van der Waals surface area contributed by atoms with Crippen LogP contribution in [0.4, 0.5) is 23.0 Å². The monoisotopic (exact) mass is 452 g/mol. The van der Waals surface area contributed by atoms with Gasteiger partial charge in [0.15, 0.2) is 23.1 Å². The number of nitrogen functional groups attached to an aromatic ring is 1. The van der Waals surface area contributed by atoms with E-state index in [1.807, 2.05) is 31.2 Å². The summed E-state index contributed by atoms with van der Waals surface area (Å²) in [6, 6.07) is 11.8. The second-order valence-corrected chi connectivity index (χ2v) is 8.43. The Morgan fingerprint density at radius 2 is 1.84 bits per heavy atom. The first-order valence-corrected chi connectivity index (χ1v) is 10.9. The van der Waals surface area contributed by atoms with Crippen LogP contribution in [0, 0.1) is 6.92 Å². The molecule has 1 saturated heterocycles. The van der Waals surface area contributed by atoms with E-state index in [4.69, 9.17) is 26.8 Å². The second-order valence-electron chi connectivity index (χ2n) is 7.99. The number of ether oxygens (including phenoxy) is 2. The molecule has 0 bridgehead atoms. The van der Waals surface area contributed by atoms with Gasteiger partial charge in [0.1, 0.15) is 12.0 Å². The molecule has 0 saturated carbocycles. The number of aryl methyl sites for hydroxylation is 1. The highest BCUT2D eigenvalue weighted by atomic mass is 35.5. The van der Waals surface area contributed by atoms with Gasteiger partial charge in [0, 0.05) is 43.4 Å². The van der Waals surface area contributed by atoms with Crippen LogP contribution in [0.3, 0.4) is 0 Å². The van der Waals surface area contributed by atoms with Gasteiger partial charge in [-0.2, -0.15) is 0 Å². The zero-order valence-electron chi connectivity index (χ0n) is 17.8. The molecule has 1 aromatic heterocycles. The van der Waals surface area contributed by atoms with Gasteiger partial charge in [-0.05, 0) is 48.4 Å². The molecular weight excluding hydrogens is 428 g/mol. The van der Waals surface area contributed by atoms with Gasteiger partial charge in [-0.3, -0.25) is 4.90 Å². The first-order valence-electron chi connectivity index (χ1n) is 10.6. The summed E-state index contributed by atoms with van der Waals surface area (Å²) in [6.07, 6.45) is 1.55. The van der Waals surface area contributed by atoms with Gasteiger partial charge >= 0.3 is 0 Å². The Hall–Kier alpha value is -3.23. The second kappa shape index (κ2) is 8.72. The average Bonchev–Trinajstić information content (AvgIpc) is 3.26. The quantitative estimate of drug-likeness (QED) is 0.604. The lowest BCUT2D eigenvalue weighted by Crippen LogP contribution is -2.46. The summed E-state index contributed by atoms with van der Waals surface area (Å²) in [4.78, 5) is 13.5. The van der Waals surface area contributed by atoms with Gasteiger partial charge in [0.05, 0.1) is 0 Å². The molecule has 0 amide bonds. The SMILES string of the molecule is Cc1cc(Cl)ccc1Nc1ncnc(N2CCN(Cc3ccc4c(c3)OCO4)CC2)c1N. The van der Waals surface area contributed by atoms with Gasteiger partial charge < -0.3 is 25.4 Å². The molecule has 0 radical (unpaired) electrons. The van der Waals surface area contributed by atoms with Gasteiger partial charge in [0.2, 0.25) is 6.79 Å². The molecule has 2 aliphatic heterocycles. The van der Waals surface area contributed by atoms with E-state index in [2.05, 4.69) is 37.2 Å². The minimum absolute atomic E-state index is 0.298. The summed E-state index contributed by atoms with van der Waals surface area (Å²) in [5, 5.41) is 4.01. The standard InChI is InChI=1S/C23H25ClN6O2/c1-15-10-17(24)3-4-18(15)28-22-21(25)23(27-13-26-22)30-8-6-29(7-9-30)12-16-2-5-19-20(11-16)32-14-31-19/h2-5,10-11,13H,6-9,12,14,25H2,1H3,(H,26,27,28). The molecule has 2 aromatic carbocycles. The zero-order valence-corrected chi connectivity index (χ0v) is 18.6. The van der Waals surface area contributed by atoms with E-state index in [0.29, 0.717) is 23.3 Å². The summed E-state index contributed by atoms with van der Waals surface area (Å²) in [5.74, 6) is 3.00. The van der Waals surface area contributed by atoms with E-state index in [9.17, 15) is 0 Å². The van der Waals surface area contributed by atoms with Crippen molar-refractivity contribution in [1.82, 2.24) is 14.9 Å².